The van der Waals surface area contributed by atoms with E-state index in [4.69, 9.17) is 19.9 Å². The smallest absolute Gasteiger partial charge is 0.310 e. The third kappa shape index (κ3) is 5.48. The van der Waals surface area contributed by atoms with E-state index in [1.807, 2.05) is 30.0 Å². The minimum atomic E-state index is -0.162. The van der Waals surface area contributed by atoms with Gasteiger partial charge in [0, 0.05) is 19.6 Å². The minimum Gasteiger partial charge on any atom is -0.493 e. The molecule has 0 radical (unpaired) electrons. The number of nitrogen functional groups attached to an aromatic ring is 1. The number of carbonyl (C=O) groups is 1. The van der Waals surface area contributed by atoms with Crippen LogP contribution in [0.3, 0.4) is 0 Å². The molecule has 3 N–H and O–H groups in total. The molecule has 1 aliphatic heterocycles. The van der Waals surface area contributed by atoms with E-state index in [9.17, 15) is 4.79 Å². The number of nitrogens with two attached hydrogens (primary N) is 1. The Hall–Kier alpha value is -3.23. The minimum absolute atomic E-state index is 0.159. The van der Waals surface area contributed by atoms with E-state index in [-0.39, 0.29) is 11.9 Å². The quantitative estimate of drug-likeness (QED) is 0.581. The number of aromatic nitrogens is 2. The number of hydrogen-bond acceptors (Lipinski definition) is 9. The largest absolute Gasteiger partial charge is 0.493 e. The SMILES string of the molecule is CCOC(=O)C1CCCN(c2ncnc(NCCc3ccc(OC)c(OC)c3)c2N)C1. The Labute approximate surface area is 182 Å². The van der Waals surface area contributed by atoms with Gasteiger partial charge in [-0.05, 0) is 43.9 Å². The van der Waals surface area contributed by atoms with Gasteiger partial charge in [-0.3, -0.25) is 4.79 Å². The zero-order chi connectivity index (χ0) is 22.2. The summed E-state index contributed by atoms with van der Waals surface area (Å²) in [5.74, 6) is 2.32. The average Bonchev–Trinajstić information content (AvgIpc) is 2.80. The first-order chi connectivity index (χ1) is 15.1. The van der Waals surface area contributed by atoms with E-state index in [1.54, 1.807) is 14.2 Å². The van der Waals surface area contributed by atoms with Crippen LogP contribution in [0, 0.1) is 5.92 Å². The number of carbonyl (C=O) groups excluding carboxylic acids is 1. The lowest BCUT2D eigenvalue weighted by atomic mass is 9.98. The van der Waals surface area contributed by atoms with Crippen LogP contribution in [0.4, 0.5) is 17.3 Å². The van der Waals surface area contributed by atoms with Crippen LogP contribution in [0.25, 0.3) is 0 Å². The maximum Gasteiger partial charge on any atom is 0.310 e. The maximum absolute atomic E-state index is 12.1. The summed E-state index contributed by atoms with van der Waals surface area (Å²) in [4.78, 5) is 22.9. The standard InChI is InChI=1S/C22H31N5O4/c1-4-31-22(28)16-6-5-11-27(13-16)21-19(23)20(25-14-26-21)24-10-9-15-7-8-17(29-2)18(12-15)30-3/h7-8,12,14,16H,4-6,9-11,13,23H2,1-3H3,(H,24,25,26). The summed E-state index contributed by atoms with van der Waals surface area (Å²) in [5, 5.41) is 3.29. The summed E-state index contributed by atoms with van der Waals surface area (Å²) in [7, 11) is 3.24. The molecule has 9 heteroatoms. The van der Waals surface area contributed by atoms with Crippen LogP contribution in [-0.4, -0.2) is 56.4 Å². The van der Waals surface area contributed by atoms with Crippen molar-refractivity contribution in [1.82, 2.24) is 9.97 Å². The average molecular weight is 430 g/mol. The molecular weight excluding hydrogens is 398 g/mol. The lowest BCUT2D eigenvalue weighted by Gasteiger charge is -2.33. The number of methoxy groups -OCH3 is 2. The molecule has 1 unspecified atom stereocenters. The number of esters is 1. The molecule has 1 fully saturated rings. The van der Waals surface area contributed by atoms with Gasteiger partial charge in [-0.2, -0.15) is 0 Å². The van der Waals surface area contributed by atoms with Crippen molar-refractivity contribution in [3.05, 3.63) is 30.1 Å². The third-order valence-corrected chi connectivity index (χ3v) is 5.36. The molecule has 1 atom stereocenters. The zero-order valence-corrected chi connectivity index (χ0v) is 18.4. The molecule has 0 aliphatic carbocycles. The maximum atomic E-state index is 12.1. The van der Waals surface area contributed by atoms with Crippen LogP contribution < -0.4 is 25.4 Å². The van der Waals surface area contributed by atoms with Crippen LogP contribution in [-0.2, 0) is 16.0 Å². The van der Waals surface area contributed by atoms with Gasteiger partial charge in [-0.1, -0.05) is 6.07 Å². The van der Waals surface area contributed by atoms with Crippen molar-refractivity contribution < 1.29 is 19.0 Å². The molecule has 0 spiro atoms. The highest BCUT2D eigenvalue weighted by atomic mass is 16.5. The molecule has 1 saturated heterocycles. The van der Waals surface area contributed by atoms with Gasteiger partial charge in [-0.15, -0.1) is 0 Å². The Morgan fingerprint density at radius 1 is 1.26 bits per heavy atom. The fraction of sp³-hybridized carbons (Fsp3) is 0.500. The first-order valence-corrected chi connectivity index (χ1v) is 10.5. The summed E-state index contributed by atoms with van der Waals surface area (Å²) < 4.78 is 15.8. The van der Waals surface area contributed by atoms with Gasteiger partial charge in [0.1, 0.15) is 12.0 Å². The molecule has 31 heavy (non-hydrogen) atoms. The first kappa shape index (κ1) is 22.5. The van der Waals surface area contributed by atoms with Crippen LogP contribution in [0.1, 0.15) is 25.3 Å². The third-order valence-electron chi connectivity index (χ3n) is 5.36. The normalized spacial score (nSPS) is 16.0. The van der Waals surface area contributed by atoms with Crippen molar-refractivity contribution in [2.75, 3.05) is 56.4 Å². The number of nitrogens with one attached hydrogen (secondary N) is 1. The highest BCUT2D eigenvalue weighted by Crippen LogP contribution is 2.31. The zero-order valence-electron chi connectivity index (χ0n) is 18.4. The van der Waals surface area contributed by atoms with Crippen molar-refractivity contribution in [1.29, 1.82) is 0 Å². The Kier molecular flexibility index (Phi) is 7.75. The van der Waals surface area contributed by atoms with Crippen molar-refractivity contribution in [2.45, 2.75) is 26.2 Å². The van der Waals surface area contributed by atoms with E-state index in [1.165, 1.54) is 6.33 Å². The summed E-state index contributed by atoms with van der Waals surface area (Å²) in [6.45, 7) is 4.19. The van der Waals surface area contributed by atoms with Crippen LogP contribution in [0.2, 0.25) is 0 Å². The molecule has 2 heterocycles. The Bertz CT molecular complexity index is 892. The number of hydrogen-bond donors (Lipinski definition) is 2. The number of benzene rings is 1. The molecule has 1 aromatic carbocycles. The van der Waals surface area contributed by atoms with E-state index in [0.717, 1.165) is 31.4 Å². The second-order valence-corrected chi connectivity index (χ2v) is 7.36. The fourth-order valence-electron chi connectivity index (χ4n) is 3.76. The fourth-order valence-corrected chi connectivity index (χ4v) is 3.76. The van der Waals surface area contributed by atoms with Crippen LogP contribution in [0.5, 0.6) is 11.5 Å². The Morgan fingerprint density at radius 2 is 2.06 bits per heavy atom. The van der Waals surface area contributed by atoms with E-state index in [2.05, 4.69) is 15.3 Å². The predicted octanol–water partition coefficient (Wildman–Crippen LogP) is 2.51. The topological polar surface area (TPSA) is 112 Å². The van der Waals surface area contributed by atoms with Crippen molar-refractivity contribution in [3.8, 4) is 11.5 Å². The molecule has 168 valence electrons. The van der Waals surface area contributed by atoms with Crippen molar-refractivity contribution >= 4 is 23.3 Å². The first-order valence-electron chi connectivity index (χ1n) is 10.5. The second-order valence-electron chi connectivity index (χ2n) is 7.36. The summed E-state index contributed by atoms with van der Waals surface area (Å²) in [6.07, 6.45) is 3.96. The molecule has 0 amide bonds. The molecule has 3 rings (SSSR count). The van der Waals surface area contributed by atoms with Crippen molar-refractivity contribution in [3.63, 3.8) is 0 Å². The van der Waals surface area contributed by atoms with Crippen LogP contribution >= 0.6 is 0 Å². The summed E-state index contributed by atoms with van der Waals surface area (Å²) >= 11 is 0. The number of ether oxygens (including phenoxy) is 3. The summed E-state index contributed by atoms with van der Waals surface area (Å²) in [5.41, 5.74) is 7.96. The van der Waals surface area contributed by atoms with Gasteiger partial charge < -0.3 is 30.2 Å². The lowest BCUT2D eigenvalue weighted by molar-refractivity contribution is -0.148. The second kappa shape index (κ2) is 10.7. The number of rotatable bonds is 9. The van der Waals surface area contributed by atoms with Crippen LogP contribution in [0.15, 0.2) is 24.5 Å². The number of piperidine rings is 1. The summed E-state index contributed by atoms with van der Waals surface area (Å²) in [6, 6.07) is 5.85. The monoisotopic (exact) mass is 429 g/mol. The van der Waals surface area contributed by atoms with Gasteiger partial charge in [0.05, 0.1) is 26.7 Å². The number of anilines is 3. The molecular formula is C22H31N5O4. The Morgan fingerprint density at radius 3 is 2.81 bits per heavy atom. The highest BCUT2D eigenvalue weighted by molar-refractivity contribution is 5.77. The molecule has 1 aromatic heterocycles. The molecule has 1 aliphatic rings. The molecule has 2 aromatic rings. The number of nitrogens with zero attached hydrogens (tertiary/aromatic N) is 3. The van der Waals surface area contributed by atoms with Gasteiger partial charge in [0.25, 0.3) is 0 Å². The molecule has 0 bridgehead atoms. The van der Waals surface area contributed by atoms with Crippen molar-refractivity contribution in [2.24, 2.45) is 5.92 Å². The van der Waals surface area contributed by atoms with E-state index in [0.29, 0.717) is 48.5 Å². The predicted molar refractivity (Wildman–Crippen MR) is 120 cm³/mol. The van der Waals surface area contributed by atoms with E-state index >= 15 is 0 Å². The van der Waals surface area contributed by atoms with Gasteiger partial charge >= 0.3 is 5.97 Å². The molecule has 0 saturated carbocycles. The Balaban J connectivity index is 1.64. The van der Waals surface area contributed by atoms with E-state index < -0.39 is 0 Å². The van der Waals surface area contributed by atoms with Gasteiger partial charge in [0.15, 0.2) is 23.1 Å². The van der Waals surface area contributed by atoms with Gasteiger partial charge in [0.2, 0.25) is 0 Å². The highest BCUT2D eigenvalue weighted by Gasteiger charge is 2.29. The lowest BCUT2D eigenvalue weighted by Crippen LogP contribution is -2.40. The molecule has 9 nitrogen and oxygen atoms in total. The van der Waals surface area contributed by atoms with Gasteiger partial charge in [-0.25, -0.2) is 9.97 Å².